The Balaban J connectivity index is 0.00000220. The van der Waals surface area contributed by atoms with Crippen molar-refractivity contribution in [1.29, 1.82) is 0 Å². The summed E-state index contributed by atoms with van der Waals surface area (Å²) in [5, 5.41) is 3.17. The summed E-state index contributed by atoms with van der Waals surface area (Å²) in [6.45, 7) is 0.415. The Hall–Kier alpha value is -0.210. The Morgan fingerprint density at radius 3 is 2.38 bits per heavy atom. The molecule has 3 nitrogen and oxygen atoms in total. The van der Waals surface area contributed by atoms with Gasteiger partial charge in [0.1, 0.15) is 0 Å². The summed E-state index contributed by atoms with van der Waals surface area (Å²) in [4.78, 5) is 4.24. The third-order valence-electron chi connectivity index (χ3n) is 4.47. The molecule has 21 heavy (non-hydrogen) atoms. The summed E-state index contributed by atoms with van der Waals surface area (Å²) in [6, 6.07) is 0.396. The minimum Gasteiger partial charge on any atom is -0.370 e. The van der Waals surface area contributed by atoms with Crippen molar-refractivity contribution < 1.29 is 13.2 Å². The van der Waals surface area contributed by atoms with E-state index in [4.69, 9.17) is 5.73 Å². The van der Waals surface area contributed by atoms with Crippen LogP contribution in [0.3, 0.4) is 0 Å². The van der Waals surface area contributed by atoms with Crippen LogP contribution in [0, 0.1) is 11.8 Å². The van der Waals surface area contributed by atoms with Crippen molar-refractivity contribution in [2.24, 2.45) is 22.6 Å². The van der Waals surface area contributed by atoms with E-state index in [2.05, 4.69) is 10.3 Å². The molecule has 0 aromatic rings. The lowest BCUT2D eigenvalue weighted by molar-refractivity contribution is -0.185. The summed E-state index contributed by atoms with van der Waals surface area (Å²) in [5.74, 6) is -0.745. The van der Waals surface area contributed by atoms with E-state index in [9.17, 15) is 13.2 Å². The minimum absolute atomic E-state index is 0. The topological polar surface area (TPSA) is 50.4 Å². The fourth-order valence-corrected chi connectivity index (χ4v) is 3.31. The lowest BCUT2D eigenvalue weighted by Crippen LogP contribution is -2.39. The van der Waals surface area contributed by atoms with E-state index < -0.39 is 12.1 Å². The molecule has 0 radical (unpaired) electrons. The van der Waals surface area contributed by atoms with Crippen LogP contribution >= 0.6 is 24.0 Å². The van der Waals surface area contributed by atoms with Crippen LogP contribution in [0.25, 0.3) is 0 Å². The minimum atomic E-state index is -4.06. The summed E-state index contributed by atoms with van der Waals surface area (Å²) in [5.41, 5.74) is 5.81. The van der Waals surface area contributed by atoms with Gasteiger partial charge in [-0.2, -0.15) is 13.2 Å². The van der Waals surface area contributed by atoms with Crippen molar-refractivity contribution in [3.05, 3.63) is 0 Å². The highest BCUT2D eigenvalue weighted by Gasteiger charge is 2.41. The number of nitrogens with two attached hydrogens (primary N) is 1. The second kappa shape index (κ2) is 8.43. The zero-order chi connectivity index (χ0) is 14.6. The molecule has 0 aliphatic heterocycles. The Kier molecular flexibility index (Phi) is 7.56. The average Bonchev–Trinajstić information content (AvgIpc) is 2.88. The molecule has 0 aromatic heterocycles. The first-order chi connectivity index (χ1) is 9.45. The molecule has 0 saturated heterocycles. The highest BCUT2D eigenvalue weighted by Crippen LogP contribution is 2.39. The third-order valence-corrected chi connectivity index (χ3v) is 4.47. The second-order valence-electron chi connectivity index (χ2n) is 6.12. The zero-order valence-corrected chi connectivity index (χ0v) is 14.5. The molecule has 2 fully saturated rings. The smallest absolute Gasteiger partial charge is 0.370 e. The number of rotatable bonds is 3. The van der Waals surface area contributed by atoms with Gasteiger partial charge >= 0.3 is 6.18 Å². The van der Waals surface area contributed by atoms with Crippen LogP contribution in [0.1, 0.15) is 51.4 Å². The maximum atomic E-state index is 12.7. The molecule has 2 rings (SSSR count). The van der Waals surface area contributed by atoms with Crippen LogP contribution in [0.4, 0.5) is 13.2 Å². The normalized spacial score (nSPS) is 28.2. The molecule has 0 amide bonds. The van der Waals surface area contributed by atoms with Crippen LogP contribution in [-0.2, 0) is 0 Å². The molecule has 2 unspecified atom stereocenters. The number of nitrogens with one attached hydrogen (secondary N) is 1. The Morgan fingerprint density at radius 2 is 1.76 bits per heavy atom. The molecule has 2 atom stereocenters. The zero-order valence-electron chi connectivity index (χ0n) is 12.2. The largest absolute Gasteiger partial charge is 0.391 e. The van der Waals surface area contributed by atoms with Crippen molar-refractivity contribution in [2.45, 2.75) is 63.6 Å². The molecule has 2 saturated carbocycles. The van der Waals surface area contributed by atoms with Gasteiger partial charge in [-0.15, -0.1) is 24.0 Å². The molecule has 0 aromatic carbocycles. The number of hydrogen-bond donors (Lipinski definition) is 2. The number of guanidine groups is 1. The number of halogens is 4. The summed E-state index contributed by atoms with van der Waals surface area (Å²) in [7, 11) is 0. The monoisotopic (exact) mass is 419 g/mol. The van der Waals surface area contributed by atoms with Gasteiger partial charge in [-0.1, -0.05) is 19.3 Å². The number of aliphatic imine (C=N–C) groups is 1. The SMILES string of the molecule is I.NC(=NCC1CCCC(C(F)(F)F)C1)NC1CCCC1. The molecule has 0 bridgehead atoms. The van der Waals surface area contributed by atoms with E-state index in [-0.39, 0.29) is 42.7 Å². The fraction of sp³-hybridized carbons (Fsp3) is 0.929. The molecule has 2 aliphatic rings. The maximum Gasteiger partial charge on any atom is 0.391 e. The number of alkyl halides is 3. The van der Waals surface area contributed by atoms with Crippen LogP contribution < -0.4 is 11.1 Å². The predicted molar refractivity (Wildman–Crippen MR) is 88.8 cm³/mol. The summed E-state index contributed by atoms with van der Waals surface area (Å²) >= 11 is 0. The molecule has 3 N–H and O–H groups in total. The molecule has 124 valence electrons. The third kappa shape index (κ3) is 6.20. The quantitative estimate of drug-likeness (QED) is 0.415. The molecule has 0 spiro atoms. The Bertz CT molecular complexity index is 341. The van der Waals surface area contributed by atoms with Gasteiger partial charge in [0, 0.05) is 12.6 Å². The van der Waals surface area contributed by atoms with Crippen molar-refractivity contribution in [1.82, 2.24) is 5.32 Å². The van der Waals surface area contributed by atoms with E-state index in [0.29, 0.717) is 25.0 Å². The number of nitrogens with zero attached hydrogens (tertiary/aromatic N) is 1. The van der Waals surface area contributed by atoms with Gasteiger partial charge in [-0.3, -0.25) is 4.99 Å². The summed E-state index contributed by atoms with van der Waals surface area (Å²) < 4.78 is 38.1. The molecular formula is C14H25F3IN3. The molecular weight excluding hydrogens is 394 g/mol. The van der Waals surface area contributed by atoms with E-state index in [1.807, 2.05) is 0 Å². The van der Waals surface area contributed by atoms with Gasteiger partial charge in [0.05, 0.1) is 5.92 Å². The van der Waals surface area contributed by atoms with Crippen LogP contribution in [0.15, 0.2) is 4.99 Å². The second-order valence-corrected chi connectivity index (χ2v) is 6.12. The average molecular weight is 419 g/mol. The molecule has 2 aliphatic carbocycles. The molecule has 7 heteroatoms. The van der Waals surface area contributed by atoms with Crippen LogP contribution in [0.2, 0.25) is 0 Å². The summed E-state index contributed by atoms with van der Waals surface area (Å²) in [6.07, 6.45) is 2.50. The van der Waals surface area contributed by atoms with Gasteiger partial charge in [0.2, 0.25) is 0 Å². The van der Waals surface area contributed by atoms with Crippen molar-refractivity contribution in [3.8, 4) is 0 Å². The van der Waals surface area contributed by atoms with E-state index >= 15 is 0 Å². The lowest BCUT2D eigenvalue weighted by atomic mass is 9.81. The van der Waals surface area contributed by atoms with Crippen molar-refractivity contribution >= 4 is 29.9 Å². The van der Waals surface area contributed by atoms with Crippen LogP contribution in [0.5, 0.6) is 0 Å². The fourth-order valence-electron chi connectivity index (χ4n) is 3.31. The predicted octanol–water partition coefficient (Wildman–Crippen LogP) is 3.82. The highest BCUT2D eigenvalue weighted by atomic mass is 127. The van der Waals surface area contributed by atoms with Gasteiger partial charge in [-0.05, 0) is 38.0 Å². The van der Waals surface area contributed by atoms with Gasteiger partial charge in [-0.25, -0.2) is 0 Å². The van der Waals surface area contributed by atoms with Gasteiger partial charge in [0.25, 0.3) is 0 Å². The first-order valence-electron chi connectivity index (χ1n) is 7.58. The lowest BCUT2D eigenvalue weighted by Gasteiger charge is -2.29. The number of hydrogen-bond acceptors (Lipinski definition) is 1. The van der Waals surface area contributed by atoms with Crippen molar-refractivity contribution in [2.75, 3.05) is 6.54 Å². The first-order valence-corrected chi connectivity index (χ1v) is 7.58. The Labute approximate surface area is 141 Å². The van der Waals surface area contributed by atoms with Crippen LogP contribution in [-0.4, -0.2) is 24.7 Å². The van der Waals surface area contributed by atoms with E-state index in [0.717, 1.165) is 19.3 Å². The Morgan fingerprint density at radius 1 is 1.10 bits per heavy atom. The van der Waals surface area contributed by atoms with Gasteiger partial charge in [0.15, 0.2) is 5.96 Å². The highest BCUT2D eigenvalue weighted by molar-refractivity contribution is 14.0. The maximum absolute atomic E-state index is 12.7. The van der Waals surface area contributed by atoms with Gasteiger partial charge < -0.3 is 11.1 Å². The first kappa shape index (κ1) is 18.8. The van der Waals surface area contributed by atoms with E-state index in [1.54, 1.807) is 0 Å². The van der Waals surface area contributed by atoms with E-state index in [1.165, 1.54) is 12.8 Å². The molecule has 0 heterocycles. The standard InChI is InChI=1S/C14H24F3N3.HI/c15-14(16,17)11-5-3-4-10(8-11)9-19-13(18)20-12-6-1-2-7-12;/h10-12H,1-9H2,(H3,18,19,20);1H. The van der Waals surface area contributed by atoms with Crippen molar-refractivity contribution in [3.63, 3.8) is 0 Å².